The van der Waals surface area contributed by atoms with E-state index in [0.29, 0.717) is 11.3 Å². The molecule has 1 aromatic carbocycles. The normalized spacial score (nSPS) is 9.69. The van der Waals surface area contributed by atoms with E-state index in [9.17, 15) is 9.59 Å². The Bertz CT molecular complexity index is 399. The first-order valence-electron chi connectivity index (χ1n) is 5.05. The molecule has 0 fully saturated rings. The minimum Gasteiger partial charge on any atom is -0.460 e. The molecule has 16 heavy (non-hydrogen) atoms. The van der Waals surface area contributed by atoms with E-state index < -0.39 is 11.8 Å². The number of carbonyl (C=O) groups excluding carboxylic acids is 2. The molecule has 0 atom stereocenters. The highest BCUT2D eigenvalue weighted by atomic mass is 16.5. The Morgan fingerprint density at radius 2 is 1.88 bits per heavy atom. The number of Topliss-reactive ketones (excluding diaryl/α,β-unsaturated/α-hetero) is 1. The maximum atomic E-state index is 11.8. The summed E-state index contributed by atoms with van der Waals surface area (Å²) in [5.41, 5.74) is 1.08. The molecule has 1 rings (SSSR count). The number of hydrogen-bond acceptors (Lipinski definition) is 4. The molecule has 0 radical (unpaired) electrons. The van der Waals surface area contributed by atoms with Gasteiger partial charge in [0.15, 0.2) is 0 Å². The summed E-state index contributed by atoms with van der Waals surface area (Å²) in [5.74, 6) is -1.41. The molecule has 0 saturated carbocycles. The summed E-state index contributed by atoms with van der Waals surface area (Å²) in [4.78, 5) is 24.9. The van der Waals surface area contributed by atoms with Crippen LogP contribution in [0.2, 0.25) is 0 Å². The summed E-state index contributed by atoms with van der Waals surface area (Å²) in [6, 6.07) is 6.94. The van der Waals surface area contributed by atoms with Gasteiger partial charge >= 0.3 is 5.97 Å². The fourth-order valence-corrected chi connectivity index (χ4v) is 1.36. The van der Waals surface area contributed by atoms with E-state index in [2.05, 4.69) is 4.74 Å². The number of nitrogens with zero attached hydrogens (tertiary/aromatic N) is 1. The van der Waals surface area contributed by atoms with Crippen LogP contribution in [0.1, 0.15) is 17.3 Å². The predicted octanol–water partition coefficient (Wildman–Crippen LogP) is 1.50. The van der Waals surface area contributed by atoms with E-state index in [1.807, 2.05) is 20.2 Å². The molecule has 4 heteroatoms. The van der Waals surface area contributed by atoms with Crippen molar-refractivity contribution >= 4 is 17.4 Å². The van der Waals surface area contributed by atoms with E-state index in [1.165, 1.54) is 0 Å². The van der Waals surface area contributed by atoms with Crippen LogP contribution in [0.25, 0.3) is 0 Å². The van der Waals surface area contributed by atoms with Crippen molar-refractivity contribution in [2.75, 3.05) is 25.6 Å². The average molecular weight is 221 g/mol. The number of rotatable bonds is 4. The lowest BCUT2D eigenvalue weighted by molar-refractivity contribution is -0.137. The lowest BCUT2D eigenvalue weighted by Crippen LogP contribution is -2.21. The van der Waals surface area contributed by atoms with Crippen molar-refractivity contribution in [1.29, 1.82) is 0 Å². The van der Waals surface area contributed by atoms with Gasteiger partial charge in [-0.05, 0) is 19.1 Å². The summed E-state index contributed by atoms with van der Waals surface area (Å²) < 4.78 is 4.69. The molecule has 1 aromatic rings. The highest BCUT2D eigenvalue weighted by Crippen LogP contribution is 2.18. The maximum absolute atomic E-state index is 11.8. The van der Waals surface area contributed by atoms with Gasteiger partial charge in [0.2, 0.25) is 0 Å². The molecule has 86 valence electrons. The summed E-state index contributed by atoms with van der Waals surface area (Å²) in [6.45, 7) is 1.87. The Morgan fingerprint density at radius 1 is 1.25 bits per heavy atom. The molecule has 0 aromatic heterocycles. The molecular weight excluding hydrogens is 206 g/mol. The molecule has 0 spiro atoms. The minimum atomic E-state index is -0.809. The van der Waals surface area contributed by atoms with Gasteiger partial charge in [0, 0.05) is 19.8 Å². The van der Waals surface area contributed by atoms with Gasteiger partial charge in [0.25, 0.3) is 5.78 Å². The van der Waals surface area contributed by atoms with Crippen molar-refractivity contribution in [3.05, 3.63) is 29.8 Å². The first-order valence-corrected chi connectivity index (χ1v) is 5.05. The van der Waals surface area contributed by atoms with Crippen molar-refractivity contribution in [1.82, 2.24) is 0 Å². The number of carbonyl (C=O) groups is 2. The molecule has 0 heterocycles. The number of anilines is 1. The molecule has 0 unspecified atom stereocenters. The Morgan fingerprint density at radius 3 is 2.44 bits per heavy atom. The van der Waals surface area contributed by atoms with Crippen LogP contribution in [0, 0.1) is 0 Å². The lowest BCUT2D eigenvalue weighted by Gasteiger charge is -2.15. The Labute approximate surface area is 94.8 Å². The van der Waals surface area contributed by atoms with Crippen LogP contribution in [0.3, 0.4) is 0 Å². The van der Waals surface area contributed by atoms with Crippen LogP contribution >= 0.6 is 0 Å². The van der Waals surface area contributed by atoms with E-state index >= 15 is 0 Å². The second kappa shape index (κ2) is 5.30. The molecule has 0 amide bonds. The zero-order valence-corrected chi connectivity index (χ0v) is 9.69. The first-order chi connectivity index (χ1) is 7.57. The molecule has 0 saturated heterocycles. The van der Waals surface area contributed by atoms with Crippen LogP contribution in [0.15, 0.2) is 24.3 Å². The minimum absolute atomic E-state index is 0.203. The topological polar surface area (TPSA) is 46.6 Å². The summed E-state index contributed by atoms with van der Waals surface area (Å²) in [6.07, 6.45) is 0. The van der Waals surface area contributed by atoms with Gasteiger partial charge in [-0.2, -0.15) is 0 Å². The zero-order chi connectivity index (χ0) is 12.1. The molecule has 0 aliphatic carbocycles. The number of para-hydroxylation sites is 1. The Kier molecular flexibility index (Phi) is 4.05. The van der Waals surface area contributed by atoms with Crippen LogP contribution in [0.5, 0.6) is 0 Å². The van der Waals surface area contributed by atoms with E-state index in [-0.39, 0.29) is 6.61 Å². The van der Waals surface area contributed by atoms with E-state index in [1.54, 1.807) is 30.0 Å². The van der Waals surface area contributed by atoms with Gasteiger partial charge in [-0.25, -0.2) is 4.79 Å². The van der Waals surface area contributed by atoms with Gasteiger partial charge in [-0.15, -0.1) is 0 Å². The van der Waals surface area contributed by atoms with Crippen molar-refractivity contribution < 1.29 is 14.3 Å². The third-order valence-electron chi connectivity index (χ3n) is 2.09. The lowest BCUT2D eigenvalue weighted by atomic mass is 10.1. The maximum Gasteiger partial charge on any atom is 0.379 e. The van der Waals surface area contributed by atoms with Crippen molar-refractivity contribution in [2.45, 2.75) is 6.92 Å². The van der Waals surface area contributed by atoms with Gasteiger partial charge in [0.05, 0.1) is 12.2 Å². The Balaban J connectivity index is 3.03. The molecule has 0 N–H and O–H groups in total. The highest BCUT2D eigenvalue weighted by Gasteiger charge is 2.20. The number of hydrogen-bond donors (Lipinski definition) is 0. The highest BCUT2D eigenvalue weighted by molar-refractivity contribution is 6.41. The quantitative estimate of drug-likeness (QED) is 0.439. The van der Waals surface area contributed by atoms with Crippen molar-refractivity contribution in [2.24, 2.45) is 0 Å². The molecule has 0 aliphatic rings. The number of ketones is 1. The predicted molar refractivity (Wildman–Crippen MR) is 61.7 cm³/mol. The number of ether oxygens (including phenoxy) is 1. The Hall–Kier alpha value is -1.84. The molecule has 0 bridgehead atoms. The molecule has 4 nitrogen and oxygen atoms in total. The third-order valence-corrected chi connectivity index (χ3v) is 2.09. The number of esters is 1. The second-order valence-electron chi connectivity index (χ2n) is 3.46. The van der Waals surface area contributed by atoms with Gasteiger partial charge in [0.1, 0.15) is 0 Å². The SMILES string of the molecule is CCOC(=O)C(=O)c1ccccc1N(C)C. The molecular formula is C12H15NO3. The second-order valence-corrected chi connectivity index (χ2v) is 3.46. The van der Waals surface area contributed by atoms with E-state index in [0.717, 1.165) is 0 Å². The van der Waals surface area contributed by atoms with Crippen LogP contribution in [-0.4, -0.2) is 32.5 Å². The van der Waals surface area contributed by atoms with Crippen LogP contribution in [0.4, 0.5) is 5.69 Å². The van der Waals surface area contributed by atoms with Crippen molar-refractivity contribution in [3.63, 3.8) is 0 Å². The van der Waals surface area contributed by atoms with Gasteiger partial charge < -0.3 is 9.64 Å². The number of benzene rings is 1. The summed E-state index contributed by atoms with van der Waals surface area (Å²) in [5, 5.41) is 0. The smallest absolute Gasteiger partial charge is 0.379 e. The monoisotopic (exact) mass is 221 g/mol. The largest absolute Gasteiger partial charge is 0.460 e. The van der Waals surface area contributed by atoms with Gasteiger partial charge in [-0.3, -0.25) is 4.79 Å². The van der Waals surface area contributed by atoms with Crippen LogP contribution < -0.4 is 4.90 Å². The first kappa shape index (κ1) is 12.2. The van der Waals surface area contributed by atoms with Crippen LogP contribution in [-0.2, 0) is 9.53 Å². The molecule has 0 aliphatic heterocycles. The fraction of sp³-hybridized carbons (Fsp3) is 0.333. The fourth-order valence-electron chi connectivity index (χ4n) is 1.36. The zero-order valence-electron chi connectivity index (χ0n) is 9.69. The van der Waals surface area contributed by atoms with Crippen molar-refractivity contribution in [3.8, 4) is 0 Å². The average Bonchev–Trinajstić information content (AvgIpc) is 2.28. The summed E-state index contributed by atoms with van der Waals surface area (Å²) in [7, 11) is 3.63. The van der Waals surface area contributed by atoms with Gasteiger partial charge in [-0.1, -0.05) is 12.1 Å². The summed E-state index contributed by atoms with van der Waals surface area (Å²) >= 11 is 0. The third kappa shape index (κ3) is 2.59. The van der Waals surface area contributed by atoms with E-state index in [4.69, 9.17) is 0 Å². The standard InChI is InChI=1S/C12H15NO3/c1-4-16-12(15)11(14)9-7-5-6-8-10(9)13(2)3/h5-8H,4H2,1-3H3.